The fourth-order valence-electron chi connectivity index (χ4n) is 15.1. The minimum absolute atomic E-state index is 0.0519. The van der Waals surface area contributed by atoms with Crippen molar-refractivity contribution in [3.05, 3.63) is 0 Å². The lowest BCUT2D eigenvalue weighted by molar-refractivity contribution is -0.571. The average Bonchev–Trinajstić information content (AvgIpc) is 3.36. The summed E-state index contributed by atoms with van der Waals surface area (Å²) in [4.78, 5) is 63.9. The highest BCUT2D eigenvalue weighted by atomic mass is 17.3. The number of rotatable bonds is 9. The van der Waals surface area contributed by atoms with E-state index >= 15 is 0 Å². The van der Waals surface area contributed by atoms with Crippen molar-refractivity contribution in [2.24, 2.45) is 70.0 Å². The number of fused-ring (bicyclic) bond motifs is 7. The van der Waals surface area contributed by atoms with Gasteiger partial charge in [-0.2, -0.15) is 0 Å². The van der Waals surface area contributed by atoms with Crippen LogP contribution in [0.2, 0.25) is 0 Å². The minimum atomic E-state index is -0.875. The van der Waals surface area contributed by atoms with Gasteiger partial charge in [-0.1, -0.05) is 34.6 Å². The van der Waals surface area contributed by atoms with Crippen LogP contribution in [0.5, 0.6) is 0 Å². The summed E-state index contributed by atoms with van der Waals surface area (Å²) >= 11 is 0. The van der Waals surface area contributed by atoms with Gasteiger partial charge in [0.1, 0.15) is 18.3 Å². The van der Waals surface area contributed by atoms with Crippen LogP contribution >= 0.6 is 0 Å². The first-order valence-corrected chi connectivity index (χ1v) is 22.7. The number of ether oxygens (including phenoxy) is 6. The van der Waals surface area contributed by atoms with Gasteiger partial charge >= 0.3 is 23.9 Å². The highest BCUT2D eigenvalue weighted by Gasteiger charge is 2.70. The molecule has 4 aliphatic heterocycles. The van der Waals surface area contributed by atoms with Gasteiger partial charge in [0.15, 0.2) is 11.9 Å². The first-order valence-electron chi connectivity index (χ1n) is 22.7. The zero-order valence-electron chi connectivity index (χ0n) is 36.5. The van der Waals surface area contributed by atoms with Crippen LogP contribution in [-0.2, 0) is 57.4 Å². The predicted molar refractivity (Wildman–Crippen MR) is 209 cm³/mol. The molecular weight excluding hydrogens is 744 g/mol. The van der Waals surface area contributed by atoms with E-state index in [1.54, 1.807) is 0 Å². The second-order valence-electron chi connectivity index (χ2n) is 20.9. The van der Waals surface area contributed by atoms with Gasteiger partial charge in [0.2, 0.25) is 5.79 Å². The number of esters is 4. The molecule has 0 unspecified atom stereocenters. The third-order valence-corrected chi connectivity index (χ3v) is 18.1. The Morgan fingerprint density at radius 3 is 2.24 bits per heavy atom. The lowest BCUT2D eigenvalue weighted by Crippen LogP contribution is -2.70. The van der Waals surface area contributed by atoms with E-state index in [0.29, 0.717) is 38.0 Å². The van der Waals surface area contributed by atoms with E-state index in [1.807, 2.05) is 6.92 Å². The molecule has 0 radical (unpaired) electrons. The van der Waals surface area contributed by atoms with Crippen LogP contribution in [0.1, 0.15) is 145 Å². The molecule has 9 fully saturated rings. The molecule has 2 bridgehead atoms. The molecule has 4 saturated heterocycles. The van der Waals surface area contributed by atoms with Crippen molar-refractivity contribution in [2.75, 3.05) is 7.11 Å². The van der Waals surface area contributed by atoms with Gasteiger partial charge < -0.3 is 28.4 Å². The topological polar surface area (TPSA) is 142 Å². The Labute approximate surface area is 345 Å². The van der Waals surface area contributed by atoms with E-state index in [-0.39, 0.29) is 119 Å². The van der Waals surface area contributed by atoms with E-state index in [0.717, 1.165) is 51.4 Å². The van der Waals surface area contributed by atoms with Crippen molar-refractivity contribution < 1.29 is 57.4 Å². The summed E-state index contributed by atoms with van der Waals surface area (Å²) in [5, 5.41) is 0. The van der Waals surface area contributed by atoms with Crippen LogP contribution in [0.3, 0.4) is 0 Å². The van der Waals surface area contributed by atoms with Crippen LogP contribution in [0.25, 0.3) is 0 Å². The predicted octanol–water partition coefficient (Wildman–Crippen LogP) is 7.87. The lowest BCUT2D eigenvalue weighted by Gasteiger charge is -2.64. The molecule has 19 atom stereocenters. The molecule has 0 aromatic carbocycles. The Hall–Kier alpha value is -2.28. The molecule has 58 heavy (non-hydrogen) atoms. The molecule has 0 aromatic heterocycles. The average molecular weight is 815 g/mol. The zero-order chi connectivity index (χ0) is 41.5. The monoisotopic (exact) mass is 814 g/mol. The third kappa shape index (κ3) is 6.94. The first-order chi connectivity index (χ1) is 27.4. The molecule has 5 saturated carbocycles. The molecule has 9 aliphatic rings. The van der Waals surface area contributed by atoms with Gasteiger partial charge in [0, 0.05) is 43.9 Å². The SMILES string of the molecule is COC(=O)CC[C@@H](C)[C@H]1CC[C@H]2[C@@H]3[C@H](OC(C)=O)C[C@@H]4C[C@@H](OC(=O)C[C@H]5O[C@@H]6O[C@@]7(C)CC[C@H]8[C@H](C)CC[C@@H]([C@H]5C)[C@@]68OO7)CC[C@]4(C)[C@H]3C[C@H](OC(C)=O)[C@]12C. The molecule has 5 aliphatic carbocycles. The summed E-state index contributed by atoms with van der Waals surface area (Å²) in [6.07, 6.45) is 8.81. The molecule has 9 rings (SSSR count). The number of carbonyl (C=O) groups is 4. The molecule has 0 N–H and O–H groups in total. The Bertz CT molecular complexity index is 1600. The second kappa shape index (κ2) is 15.6. The molecule has 326 valence electrons. The van der Waals surface area contributed by atoms with Gasteiger partial charge in [0.05, 0.1) is 19.6 Å². The summed E-state index contributed by atoms with van der Waals surface area (Å²) in [6.45, 7) is 16.3. The molecular formula is C46H70O12. The van der Waals surface area contributed by atoms with Crippen molar-refractivity contribution in [3.8, 4) is 0 Å². The summed E-state index contributed by atoms with van der Waals surface area (Å²) in [5.74, 6) is 0.0959. The molecule has 12 heteroatoms. The van der Waals surface area contributed by atoms with E-state index < -0.39 is 17.7 Å². The van der Waals surface area contributed by atoms with Crippen molar-refractivity contribution in [2.45, 2.75) is 187 Å². The summed E-state index contributed by atoms with van der Waals surface area (Å²) in [7, 11) is 1.43. The normalized spacial score (nSPS) is 49.5. The molecule has 12 nitrogen and oxygen atoms in total. The fourth-order valence-corrected chi connectivity index (χ4v) is 15.1. The number of carbonyl (C=O) groups excluding carboxylic acids is 4. The van der Waals surface area contributed by atoms with Crippen molar-refractivity contribution in [1.29, 1.82) is 0 Å². The largest absolute Gasteiger partial charge is 0.469 e. The minimum Gasteiger partial charge on any atom is -0.469 e. The smallest absolute Gasteiger partial charge is 0.308 e. The van der Waals surface area contributed by atoms with E-state index in [1.165, 1.54) is 21.0 Å². The van der Waals surface area contributed by atoms with E-state index in [2.05, 4.69) is 34.6 Å². The Morgan fingerprint density at radius 1 is 0.776 bits per heavy atom. The van der Waals surface area contributed by atoms with Gasteiger partial charge in [-0.3, -0.25) is 19.2 Å². The maximum Gasteiger partial charge on any atom is 0.308 e. The summed E-state index contributed by atoms with van der Waals surface area (Å²) in [6, 6.07) is 0. The van der Waals surface area contributed by atoms with Gasteiger partial charge in [-0.05, 0) is 130 Å². The maximum absolute atomic E-state index is 13.9. The molecule has 0 amide bonds. The number of methoxy groups -OCH3 is 1. The van der Waals surface area contributed by atoms with Crippen LogP contribution in [0.15, 0.2) is 0 Å². The van der Waals surface area contributed by atoms with E-state index in [4.69, 9.17) is 38.2 Å². The Kier molecular flexibility index (Phi) is 11.4. The molecule has 0 aromatic rings. The van der Waals surface area contributed by atoms with Crippen LogP contribution < -0.4 is 0 Å². The van der Waals surface area contributed by atoms with Crippen molar-refractivity contribution >= 4 is 23.9 Å². The first kappa shape index (κ1) is 42.4. The van der Waals surface area contributed by atoms with Crippen molar-refractivity contribution in [1.82, 2.24) is 0 Å². The maximum atomic E-state index is 13.9. The summed E-state index contributed by atoms with van der Waals surface area (Å²) in [5.41, 5.74) is -1.12. The Balaban J connectivity index is 0.980. The van der Waals surface area contributed by atoms with Crippen molar-refractivity contribution in [3.63, 3.8) is 0 Å². The summed E-state index contributed by atoms with van der Waals surface area (Å²) < 4.78 is 37.2. The standard InChI is InChI=1S/C46H70O12/c1-24(11-15-39(49)51-9)31-13-14-34-41-35(22-38(45(31,34)8)53-28(5)48)43(6)18-16-30(20-29(43)21-37(41)52-27(4)47)54-40(50)23-36-26(3)33-12-10-25(2)32-17-19-44(7)56-42(55-36)46(32,33)58-57-44/h24-26,29-38,41-42H,10-23H2,1-9H3/t24-,25-,26-,29+,30+,31-,32+,33+,34+,35+,36-,37-,38+,41+,42-,43+,44-,45-,46-/m1/s1. The fraction of sp³-hybridized carbons (Fsp3) is 0.913. The quantitative estimate of drug-likeness (QED) is 0.127. The van der Waals surface area contributed by atoms with Gasteiger partial charge in [0.25, 0.3) is 0 Å². The number of hydrogen-bond acceptors (Lipinski definition) is 12. The van der Waals surface area contributed by atoms with Crippen LogP contribution in [0.4, 0.5) is 0 Å². The highest BCUT2D eigenvalue weighted by molar-refractivity contribution is 5.70. The third-order valence-electron chi connectivity index (χ3n) is 18.1. The lowest BCUT2D eigenvalue weighted by atomic mass is 9.43. The molecule has 4 heterocycles. The Morgan fingerprint density at radius 2 is 1.52 bits per heavy atom. The van der Waals surface area contributed by atoms with Crippen LogP contribution in [-0.4, -0.2) is 73.1 Å². The molecule has 1 spiro atoms. The van der Waals surface area contributed by atoms with Gasteiger partial charge in [-0.25, -0.2) is 9.78 Å². The highest BCUT2D eigenvalue weighted by Crippen LogP contribution is 2.70. The zero-order valence-corrected chi connectivity index (χ0v) is 36.5. The van der Waals surface area contributed by atoms with E-state index in [9.17, 15) is 19.2 Å². The second-order valence-corrected chi connectivity index (χ2v) is 20.9. The number of hydrogen-bond donors (Lipinski definition) is 0. The van der Waals surface area contributed by atoms with Crippen LogP contribution in [0, 0.1) is 70.0 Å². The van der Waals surface area contributed by atoms with Gasteiger partial charge in [-0.15, -0.1) is 0 Å².